The Hall–Kier alpha value is -6.50. The van der Waals surface area contributed by atoms with Crippen LogP contribution in [0.25, 0.3) is 21.5 Å². The summed E-state index contributed by atoms with van der Waals surface area (Å²) in [5, 5.41) is -0.427. The van der Waals surface area contributed by atoms with Crippen LogP contribution in [0.5, 0.6) is 5.75 Å². The third-order valence-electron chi connectivity index (χ3n) is 16.0. The minimum Gasteiger partial charge on any atom is -0.420 e. The second kappa shape index (κ2) is 31.4. The van der Waals surface area contributed by atoms with Gasteiger partial charge in [0, 0.05) is 85.5 Å². The highest BCUT2D eigenvalue weighted by Crippen LogP contribution is 2.55. The zero-order chi connectivity index (χ0) is 71.9. The molecule has 7 rings (SSSR count). The molecule has 37 heteroatoms. The highest BCUT2D eigenvalue weighted by molar-refractivity contribution is 7.87. The van der Waals surface area contributed by atoms with Crippen molar-refractivity contribution in [1.82, 2.24) is 0 Å². The lowest BCUT2D eigenvalue weighted by Crippen LogP contribution is -2.33. The van der Waals surface area contributed by atoms with Gasteiger partial charge in [-0.25, -0.2) is 8.78 Å². The molecule has 0 spiro atoms. The molecule has 0 aromatic heterocycles. The lowest BCUT2D eigenvalue weighted by Gasteiger charge is -2.30. The van der Waals surface area contributed by atoms with Gasteiger partial charge in [0.2, 0.25) is 23.1 Å². The summed E-state index contributed by atoms with van der Waals surface area (Å²) in [4.78, 5) is 9.08. The Bertz CT molecular complexity index is 4730. The summed E-state index contributed by atoms with van der Waals surface area (Å²) >= 11 is 0. The normalized spacial score (nSPS) is 17.8. The average Bonchev–Trinajstić information content (AvgIpc) is 1.57. The summed E-state index contributed by atoms with van der Waals surface area (Å²) in [6.45, 7) is 4.66. The van der Waals surface area contributed by atoms with E-state index < -0.39 is 143 Å². The Morgan fingerprint density at radius 3 is 1.64 bits per heavy atom. The number of rotatable bonds is 35. The van der Waals surface area contributed by atoms with E-state index in [0.29, 0.717) is 36.4 Å². The van der Waals surface area contributed by atoms with E-state index in [-0.39, 0.29) is 130 Å². The van der Waals surface area contributed by atoms with Crippen LogP contribution in [0.3, 0.4) is 0 Å². The van der Waals surface area contributed by atoms with Crippen molar-refractivity contribution in [3.05, 3.63) is 131 Å². The molecule has 6 N–H and O–H groups in total. The van der Waals surface area contributed by atoms with Gasteiger partial charge in [-0.05, 0) is 105 Å². The van der Waals surface area contributed by atoms with Gasteiger partial charge < -0.3 is 33.3 Å². The van der Waals surface area contributed by atoms with Crippen LogP contribution in [0.15, 0.2) is 121 Å². The fraction of sp³-hybridized carbons (Fsp3) is 0.400. The number of benzene rings is 5. The third-order valence-corrected chi connectivity index (χ3v) is 21.2. The quantitative estimate of drug-likeness (QED) is 0.00326. The number of halogens is 4. The summed E-state index contributed by atoms with van der Waals surface area (Å²) in [7, 11) is -27.9. The minimum atomic E-state index is -5.83. The number of ether oxygens (including phenoxy) is 6. The minimum absolute atomic E-state index is 0.00618. The third kappa shape index (κ3) is 18.3. The Morgan fingerprint density at radius 2 is 1.07 bits per heavy atom. The van der Waals surface area contributed by atoms with E-state index in [1.54, 1.807) is 65.9 Å². The van der Waals surface area contributed by atoms with E-state index in [9.17, 15) is 95.6 Å². The molecular formula is C60H69F4N2O25S6+. The molecule has 5 aromatic rings. The van der Waals surface area contributed by atoms with Crippen molar-refractivity contribution in [2.45, 2.75) is 94.1 Å². The summed E-state index contributed by atoms with van der Waals surface area (Å²) in [6.07, 6.45) is 10.3. The highest BCUT2D eigenvalue weighted by atomic mass is 32.2. The number of carbonyl (C=O) groups is 1. The molecule has 2 heterocycles. The number of nitrogens with zero attached hydrogens (tertiary/aromatic N) is 2. The molecule has 27 nitrogen and oxygen atoms in total. The standard InChI is InChI=1S/C60H68F4N2O25S6/c1-59(21-13-33-92(68,69)70)48(66(24-26-86-3)45-37-47(96(80,81)82)40-18-17-38(93(71,72)73)34-42(40)52(45)59)14-9-6-5-7-10-15-49-60(2,22-25-88-29-30-90-32-31-89-28-27-87-4)51-43-35-39(94(74,75)76)36-46(95(77,78)79)41(43)19-20-44(51)65(49)23-12-8-11-16-50(67)91-57-53(61)55(63)58(97(83,84)85)56(64)54(57)62/h5-7,9-10,14-15,17-20,34-37H,8,11-13,16,21-33H2,1-4H3,(H5-,68,69,70,71,72,73,74,75,76,77,78,79,80,81,82,83,84,85)/p+1. The second-order valence-electron chi connectivity index (χ2n) is 22.5. The fourth-order valence-electron chi connectivity index (χ4n) is 11.7. The van der Waals surface area contributed by atoms with Crippen molar-refractivity contribution in [3.63, 3.8) is 0 Å². The van der Waals surface area contributed by atoms with Gasteiger partial charge in [0.15, 0.2) is 22.2 Å². The monoisotopic (exact) mass is 1490 g/mol. The van der Waals surface area contributed by atoms with Crippen LogP contribution in [-0.2, 0) is 100 Å². The van der Waals surface area contributed by atoms with Crippen molar-refractivity contribution >= 4 is 105 Å². The lowest BCUT2D eigenvalue weighted by molar-refractivity contribution is -0.438. The SMILES string of the molecule is COCCOCCOCCOCCC1(C)C(/C=C/C=C/C=C/C=C2/N(CCOC)c3cc(S(=O)(=O)O)c4ccc(S(=O)(=O)O)cc4c3C2(C)CCCS(=O)(=O)O)=[N+](CCCCCC(=O)Oc2c(F)c(F)c(S(=O)(=O)O)c(F)c2F)c2ccc3c(S(=O)(=O)O)cc(S(=O)(=O)O)cc3c21. The van der Waals surface area contributed by atoms with Gasteiger partial charge in [0.05, 0.1) is 67.2 Å². The molecule has 2 unspecified atom stereocenters. The number of esters is 1. The number of carbonyl (C=O) groups excluding carboxylic acids is 1. The van der Waals surface area contributed by atoms with Gasteiger partial charge in [-0.1, -0.05) is 36.4 Å². The van der Waals surface area contributed by atoms with Crippen molar-refractivity contribution < 1.29 is 133 Å². The Labute approximate surface area is 557 Å². The molecular weight excluding hydrogens is 1420 g/mol. The van der Waals surface area contributed by atoms with Gasteiger partial charge >= 0.3 is 16.1 Å². The Balaban J connectivity index is 1.30. The van der Waals surface area contributed by atoms with E-state index in [2.05, 4.69) is 4.74 Å². The van der Waals surface area contributed by atoms with E-state index in [1.165, 1.54) is 26.4 Å². The summed E-state index contributed by atoms with van der Waals surface area (Å²) in [5.41, 5.74) is -0.889. The topological polar surface area (TPSA) is 405 Å². The van der Waals surface area contributed by atoms with Gasteiger partial charge in [0.25, 0.3) is 50.6 Å². The van der Waals surface area contributed by atoms with Crippen LogP contribution in [0, 0.1) is 23.3 Å². The molecule has 2 aliphatic rings. The second-order valence-corrected chi connectivity index (χ2v) is 31.1. The predicted octanol–water partition coefficient (Wildman–Crippen LogP) is 8.04. The molecule has 0 fully saturated rings. The van der Waals surface area contributed by atoms with Crippen molar-refractivity contribution in [2.75, 3.05) is 90.8 Å². The lowest BCUT2D eigenvalue weighted by atomic mass is 9.75. The maximum atomic E-state index is 14.8. The first-order valence-electron chi connectivity index (χ1n) is 29.2. The molecule has 0 aliphatic carbocycles. The van der Waals surface area contributed by atoms with Crippen LogP contribution >= 0.6 is 0 Å². The molecule has 0 saturated heterocycles. The molecule has 0 amide bonds. The van der Waals surface area contributed by atoms with Gasteiger partial charge in [-0.2, -0.15) is 63.9 Å². The molecule has 97 heavy (non-hydrogen) atoms. The molecule has 2 aliphatic heterocycles. The number of hydrogen-bond donors (Lipinski definition) is 6. The number of methoxy groups -OCH3 is 2. The first-order valence-corrected chi connectivity index (χ1v) is 38.0. The maximum Gasteiger partial charge on any atom is 0.311 e. The number of fused-ring (bicyclic) bond motifs is 6. The zero-order valence-corrected chi connectivity index (χ0v) is 57.1. The number of hydrogen-bond acceptors (Lipinski definition) is 20. The first-order chi connectivity index (χ1) is 45.2. The van der Waals surface area contributed by atoms with Gasteiger partial charge in [-0.3, -0.25) is 32.1 Å². The number of anilines is 1. The molecule has 0 bridgehead atoms. The predicted molar refractivity (Wildman–Crippen MR) is 341 cm³/mol. The number of unbranched alkanes of at least 4 members (excludes halogenated alkanes) is 2. The van der Waals surface area contributed by atoms with E-state index >= 15 is 0 Å². The smallest absolute Gasteiger partial charge is 0.311 e. The Morgan fingerprint density at radius 1 is 0.536 bits per heavy atom. The van der Waals surface area contributed by atoms with Gasteiger partial charge in [0.1, 0.15) is 16.3 Å². The summed E-state index contributed by atoms with van der Waals surface area (Å²) < 4.78 is 303. The largest absolute Gasteiger partial charge is 0.420 e. The Kier molecular flexibility index (Phi) is 25.2. The van der Waals surface area contributed by atoms with E-state index in [1.807, 2.05) is 0 Å². The zero-order valence-electron chi connectivity index (χ0n) is 52.2. The van der Waals surface area contributed by atoms with Crippen molar-refractivity contribution in [2.24, 2.45) is 0 Å². The summed E-state index contributed by atoms with van der Waals surface area (Å²) in [6, 6.07) is 8.60. The van der Waals surface area contributed by atoms with Crippen LogP contribution in [0.1, 0.15) is 69.9 Å². The molecule has 0 saturated carbocycles. The van der Waals surface area contributed by atoms with Crippen LogP contribution < -0.4 is 9.64 Å². The van der Waals surface area contributed by atoms with E-state index in [4.69, 9.17) is 28.2 Å². The molecule has 0 radical (unpaired) electrons. The number of allylic oxidation sites excluding steroid dienone is 8. The van der Waals surface area contributed by atoms with Crippen LogP contribution in [-0.4, -0.2) is 180 Å². The fourth-order valence-corrected chi connectivity index (χ4v) is 15.4. The maximum absolute atomic E-state index is 14.8. The van der Waals surface area contributed by atoms with E-state index in [0.717, 1.165) is 30.3 Å². The van der Waals surface area contributed by atoms with Crippen molar-refractivity contribution in [1.29, 1.82) is 0 Å². The average molecular weight is 1490 g/mol. The molecule has 2 atom stereocenters. The molecule has 5 aromatic carbocycles. The van der Waals surface area contributed by atoms with Gasteiger partial charge in [-0.15, -0.1) is 0 Å². The van der Waals surface area contributed by atoms with Crippen LogP contribution in [0.4, 0.5) is 28.9 Å². The first kappa shape index (κ1) is 77.8. The van der Waals surface area contributed by atoms with Crippen LogP contribution in [0.2, 0.25) is 0 Å². The summed E-state index contributed by atoms with van der Waals surface area (Å²) in [5.74, 6) is -14.0. The molecule has 532 valence electrons. The van der Waals surface area contributed by atoms with Crippen molar-refractivity contribution in [3.8, 4) is 5.75 Å². The highest BCUT2D eigenvalue weighted by Gasteiger charge is 2.50.